The quantitative estimate of drug-likeness (QED) is 0.639. The SMILES string of the molecule is CC(C)C1(CC(Cc2ccccc2)c2ccccc2O)SCCCS1. The van der Waals surface area contributed by atoms with Crippen LogP contribution in [-0.4, -0.2) is 20.7 Å². The second kappa shape index (κ2) is 8.55. The van der Waals surface area contributed by atoms with Crippen molar-refractivity contribution >= 4 is 23.5 Å². The number of hydrogen-bond donors (Lipinski definition) is 1. The van der Waals surface area contributed by atoms with Crippen LogP contribution in [0.25, 0.3) is 0 Å². The van der Waals surface area contributed by atoms with Crippen LogP contribution in [0.3, 0.4) is 0 Å². The predicted molar refractivity (Wildman–Crippen MR) is 113 cm³/mol. The highest BCUT2D eigenvalue weighted by Gasteiger charge is 2.39. The molecule has 0 radical (unpaired) electrons. The summed E-state index contributed by atoms with van der Waals surface area (Å²) in [6.45, 7) is 4.71. The van der Waals surface area contributed by atoms with Gasteiger partial charge in [0.2, 0.25) is 0 Å². The first-order chi connectivity index (χ1) is 12.1. The summed E-state index contributed by atoms with van der Waals surface area (Å²) in [4.78, 5) is 0. The zero-order valence-corrected chi connectivity index (χ0v) is 16.8. The van der Waals surface area contributed by atoms with Crippen LogP contribution in [0.4, 0.5) is 0 Å². The van der Waals surface area contributed by atoms with Crippen LogP contribution in [0.5, 0.6) is 5.75 Å². The van der Waals surface area contributed by atoms with Gasteiger partial charge in [0.25, 0.3) is 0 Å². The van der Waals surface area contributed by atoms with E-state index in [1.165, 1.54) is 23.5 Å². The van der Waals surface area contributed by atoms with Gasteiger partial charge >= 0.3 is 0 Å². The summed E-state index contributed by atoms with van der Waals surface area (Å²) < 4.78 is 0.250. The molecule has 0 saturated carbocycles. The minimum atomic E-state index is 0.250. The van der Waals surface area contributed by atoms with Crippen molar-refractivity contribution < 1.29 is 5.11 Å². The molecule has 1 nitrogen and oxygen atoms in total. The molecule has 0 aliphatic carbocycles. The van der Waals surface area contributed by atoms with Crippen molar-refractivity contribution in [2.75, 3.05) is 11.5 Å². The second-order valence-corrected chi connectivity index (χ2v) is 10.3. The van der Waals surface area contributed by atoms with E-state index in [0.717, 1.165) is 18.4 Å². The molecule has 0 spiro atoms. The van der Waals surface area contributed by atoms with E-state index >= 15 is 0 Å². The van der Waals surface area contributed by atoms with E-state index in [-0.39, 0.29) is 4.08 Å². The second-order valence-electron chi connectivity index (χ2n) is 7.17. The van der Waals surface area contributed by atoms with Gasteiger partial charge in [-0.1, -0.05) is 62.4 Å². The molecule has 0 amide bonds. The fourth-order valence-corrected chi connectivity index (χ4v) is 7.23. The monoisotopic (exact) mass is 372 g/mol. The molecule has 1 aliphatic heterocycles. The summed E-state index contributed by atoms with van der Waals surface area (Å²) in [6.07, 6.45) is 3.39. The van der Waals surface area contributed by atoms with Gasteiger partial charge in [0.05, 0.1) is 4.08 Å². The highest BCUT2D eigenvalue weighted by Crippen LogP contribution is 2.53. The first-order valence-corrected chi connectivity index (χ1v) is 11.2. The van der Waals surface area contributed by atoms with Crippen molar-refractivity contribution in [2.24, 2.45) is 5.92 Å². The van der Waals surface area contributed by atoms with E-state index in [4.69, 9.17) is 0 Å². The summed E-state index contributed by atoms with van der Waals surface area (Å²) in [5.41, 5.74) is 2.44. The molecule has 2 aromatic carbocycles. The minimum Gasteiger partial charge on any atom is -0.508 e. The van der Waals surface area contributed by atoms with Crippen molar-refractivity contribution in [1.29, 1.82) is 0 Å². The van der Waals surface area contributed by atoms with Crippen LogP contribution in [0, 0.1) is 5.92 Å². The van der Waals surface area contributed by atoms with E-state index in [9.17, 15) is 5.11 Å². The largest absolute Gasteiger partial charge is 0.508 e. The number of aromatic hydroxyl groups is 1. The Labute approximate surface area is 160 Å². The van der Waals surface area contributed by atoms with Gasteiger partial charge in [-0.05, 0) is 59.8 Å². The molecular weight excluding hydrogens is 344 g/mol. The van der Waals surface area contributed by atoms with Crippen LogP contribution in [0.15, 0.2) is 54.6 Å². The van der Waals surface area contributed by atoms with Crippen molar-refractivity contribution in [3.8, 4) is 5.75 Å². The van der Waals surface area contributed by atoms with Gasteiger partial charge in [0.1, 0.15) is 5.75 Å². The lowest BCUT2D eigenvalue weighted by Gasteiger charge is -2.42. The maximum atomic E-state index is 10.5. The highest BCUT2D eigenvalue weighted by molar-refractivity contribution is 8.18. The number of phenolic OH excluding ortho intramolecular Hbond substituents is 1. The van der Waals surface area contributed by atoms with Crippen LogP contribution in [0.1, 0.15) is 43.7 Å². The summed E-state index contributed by atoms with van der Waals surface area (Å²) >= 11 is 4.28. The normalized spacial score (nSPS) is 18.2. The third-order valence-electron chi connectivity index (χ3n) is 5.09. The molecule has 0 aromatic heterocycles. The zero-order valence-electron chi connectivity index (χ0n) is 15.2. The molecule has 1 atom stereocenters. The van der Waals surface area contributed by atoms with Crippen LogP contribution >= 0.6 is 23.5 Å². The van der Waals surface area contributed by atoms with Gasteiger partial charge in [0.15, 0.2) is 0 Å². The first kappa shape index (κ1) is 18.7. The molecule has 1 fully saturated rings. The molecule has 3 rings (SSSR count). The van der Waals surface area contributed by atoms with Crippen molar-refractivity contribution in [3.05, 3.63) is 65.7 Å². The number of benzene rings is 2. The van der Waals surface area contributed by atoms with E-state index < -0.39 is 0 Å². The Hall–Kier alpha value is -1.06. The van der Waals surface area contributed by atoms with Crippen molar-refractivity contribution in [1.82, 2.24) is 0 Å². The summed E-state index contributed by atoms with van der Waals surface area (Å²) in [7, 11) is 0. The van der Waals surface area contributed by atoms with E-state index in [1.54, 1.807) is 0 Å². The molecule has 1 N–H and O–H groups in total. The van der Waals surface area contributed by atoms with Gasteiger partial charge in [0, 0.05) is 0 Å². The number of phenols is 1. The number of rotatable bonds is 6. The van der Waals surface area contributed by atoms with Gasteiger partial charge in [-0.25, -0.2) is 0 Å². The fourth-order valence-electron chi connectivity index (χ4n) is 3.64. The molecule has 134 valence electrons. The summed E-state index contributed by atoms with van der Waals surface area (Å²) in [5.74, 6) is 3.90. The molecular formula is C22H28OS2. The summed E-state index contributed by atoms with van der Waals surface area (Å²) in [6, 6.07) is 18.6. The topological polar surface area (TPSA) is 20.2 Å². The third-order valence-corrected chi connectivity index (χ3v) is 9.04. The summed E-state index contributed by atoms with van der Waals surface area (Å²) in [5, 5.41) is 10.5. The molecule has 2 aromatic rings. The van der Waals surface area contributed by atoms with E-state index in [1.807, 2.05) is 12.1 Å². The molecule has 1 aliphatic rings. The maximum Gasteiger partial charge on any atom is 0.119 e. The zero-order chi connectivity index (χ0) is 17.7. The van der Waals surface area contributed by atoms with Gasteiger partial charge in [-0.15, -0.1) is 23.5 Å². The average Bonchev–Trinajstić information content (AvgIpc) is 2.63. The van der Waals surface area contributed by atoms with Gasteiger partial charge < -0.3 is 5.11 Å². The Morgan fingerprint density at radius 1 is 0.960 bits per heavy atom. The van der Waals surface area contributed by atoms with E-state index in [0.29, 0.717) is 17.6 Å². The molecule has 25 heavy (non-hydrogen) atoms. The Morgan fingerprint density at radius 3 is 2.24 bits per heavy atom. The molecule has 1 heterocycles. The minimum absolute atomic E-state index is 0.250. The van der Waals surface area contributed by atoms with E-state index in [2.05, 4.69) is 79.8 Å². The van der Waals surface area contributed by atoms with Crippen LogP contribution < -0.4 is 0 Å². The lowest BCUT2D eigenvalue weighted by atomic mass is 9.85. The Bertz CT molecular complexity index is 663. The number of hydrogen-bond acceptors (Lipinski definition) is 3. The van der Waals surface area contributed by atoms with Gasteiger partial charge in [-0.2, -0.15) is 0 Å². The highest BCUT2D eigenvalue weighted by atomic mass is 32.2. The Morgan fingerprint density at radius 2 is 1.60 bits per heavy atom. The smallest absolute Gasteiger partial charge is 0.119 e. The van der Waals surface area contributed by atoms with Crippen LogP contribution in [0.2, 0.25) is 0 Å². The predicted octanol–water partition coefficient (Wildman–Crippen LogP) is 6.33. The van der Waals surface area contributed by atoms with Crippen molar-refractivity contribution in [3.63, 3.8) is 0 Å². The van der Waals surface area contributed by atoms with Gasteiger partial charge in [-0.3, -0.25) is 0 Å². The molecule has 0 bridgehead atoms. The third kappa shape index (κ3) is 4.57. The first-order valence-electron chi connectivity index (χ1n) is 9.20. The average molecular weight is 373 g/mol. The Kier molecular flexibility index (Phi) is 6.40. The fraction of sp³-hybridized carbons (Fsp3) is 0.455. The van der Waals surface area contributed by atoms with Crippen LogP contribution in [-0.2, 0) is 6.42 Å². The molecule has 3 heteroatoms. The lowest BCUT2D eigenvalue weighted by Crippen LogP contribution is -2.33. The number of para-hydroxylation sites is 1. The standard InChI is InChI=1S/C22H28OS2/c1-17(2)22(24-13-8-14-25-22)16-19(15-18-9-4-3-5-10-18)20-11-6-7-12-21(20)23/h3-7,9-12,17,19,23H,8,13-16H2,1-2H3. The van der Waals surface area contributed by atoms with Crippen molar-refractivity contribution in [2.45, 2.75) is 43.1 Å². The molecule has 1 unspecified atom stereocenters. The number of thioether (sulfide) groups is 2. The lowest BCUT2D eigenvalue weighted by molar-refractivity contribution is 0.439. The molecule has 1 saturated heterocycles. The Balaban J connectivity index is 1.91. The maximum absolute atomic E-state index is 10.5.